The number of likely N-dealkylation sites (tertiary alicyclic amines) is 1. The Morgan fingerprint density at radius 1 is 1.38 bits per heavy atom. The minimum atomic E-state index is 0.185. The fraction of sp³-hybridized carbons (Fsp3) is 0.500. The summed E-state index contributed by atoms with van der Waals surface area (Å²) in [6.45, 7) is 6.10. The lowest BCUT2D eigenvalue weighted by Gasteiger charge is -2.30. The standard InChI is InChI=1S/C18H24N4OS/c1-3-14-6-8-15(9-7-14)17-19-18(21-20-17)24-12-16(23)22-10-4-5-13(2)11-22/h6-9,13H,3-5,10-12H2,1-2H3,(H,19,20,21)/t13-/m1/s1. The van der Waals surface area contributed by atoms with Crippen molar-refractivity contribution in [3.05, 3.63) is 29.8 Å². The number of hydrogen-bond donors (Lipinski definition) is 1. The first-order valence-corrected chi connectivity index (χ1v) is 9.56. The summed E-state index contributed by atoms with van der Waals surface area (Å²) in [5, 5.41) is 7.81. The second-order valence-electron chi connectivity index (χ2n) is 6.39. The van der Waals surface area contributed by atoms with Crippen molar-refractivity contribution in [3.63, 3.8) is 0 Å². The summed E-state index contributed by atoms with van der Waals surface area (Å²) in [6.07, 6.45) is 3.35. The van der Waals surface area contributed by atoms with Crippen LogP contribution < -0.4 is 0 Å². The van der Waals surface area contributed by atoms with Gasteiger partial charge in [-0.15, -0.1) is 5.10 Å². The number of piperidine rings is 1. The van der Waals surface area contributed by atoms with Gasteiger partial charge in [0.2, 0.25) is 11.1 Å². The van der Waals surface area contributed by atoms with E-state index in [1.165, 1.54) is 23.7 Å². The van der Waals surface area contributed by atoms with Crippen molar-refractivity contribution in [2.24, 2.45) is 5.92 Å². The molecule has 1 N–H and O–H groups in total. The van der Waals surface area contributed by atoms with E-state index in [4.69, 9.17) is 0 Å². The van der Waals surface area contributed by atoms with Gasteiger partial charge in [0.1, 0.15) is 0 Å². The van der Waals surface area contributed by atoms with E-state index in [1.54, 1.807) is 0 Å². The molecule has 24 heavy (non-hydrogen) atoms. The predicted molar refractivity (Wildman–Crippen MR) is 96.9 cm³/mol. The summed E-state index contributed by atoms with van der Waals surface area (Å²) in [5.41, 5.74) is 2.32. The normalized spacial score (nSPS) is 17.9. The number of carbonyl (C=O) groups is 1. The molecule has 1 fully saturated rings. The molecule has 1 aliphatic rings. The average molecular weight is 344 g/mol. The van der Waals surface area contributed by atoms with Crippen LogP contribution in [0.15, 0.2) is 29.4 Å². The van der Waals surface area contributed by atoms with Crippen molar-refractivity contribution < 1.29 is 4.79 Å². The molecule has 1 atom stereocenters. The fourth-order valence-electron chi connectivity index (χ4n) is 2.97. The Hall–Kier alpha value is -1.82. The average Bonchev–Trinajstić information content (AvgIpc) is 3.09. The van der Waals surface area contributed by atoms with Gasteiger partial charge in [-0.1, -0.05) is 49.9 Å². The lowest BCUT2D eigenvalue weighted by Crippen LogP contribution is -2.40. The number of nitrogens with zero attached hydrogens (tertiary/aromatic N) is 3. The lowest BCUT2D eigenvalue weighted by molar-refractivity contribution is -0.130. The summed E-state index contributed by atoms with van der Waals surface area (Å²) in [6, 6.07) is 8.31. The van der Waals surface area contributed by atoms with E-state index >= 15 is 0 Å². The monoisotopic (exact) mass is 344 g/mol. The van der Waals surface area contributed by atoms with E-state index in [9.17, 15) is 4.79 Å². The third kappa shape index (κ3) is 4.17. The highest BCUT2D eigenvalue weighted by molar-refractivity contribution is 7.99. The topological polar surface area (TPSA) is 61.9 Å². The summed E-state index contributed by atoms with van der Waals surface area (Å²) in [5.74, 6) is 1.94. The van der Waals surface area contributed by atoms with Crippen molar-refractivity contribution >= 4 is 17.7 Å². The summed E-state index contributed by atoms with van der Waals surface area (Å²) in [7, 11) is 0. The summed E-state index contributed by atoms with van der Waals surface area (Å²) >= 11 is 1.40. The number of carbonyl (C=O) groups excluding carboxylic acids is 1. The molecule has 0 aliphatic carbocycles. The van der Waals surface area contributed by atoms with Crippen LogP contribution in [0.5, 0.6) is 0 Å². The van der Waals surface area contributed by atoms with E-state index in [0.717, 1.165) is 37.3 Å². The molecular weight excluding hydrogens is 320 g/mol. The summed E-state index contributed by atoms with van der Waals surface area (Å²) < 4.78 is 0. The molecule has 6 heteroatoms. The summed E-state index contributed by atoms with van der Waals surface area (Å²) in [4.78, 5) is 18.8. The Kier molecular flexibility index (Phi) is 5.56. The SMILES string of the molecule is CCc1ccc(-c2nc(SCC(=O)N3CCC[C@@H](C)C3)n[nH]2)cc1. The molecule has 1 amide bonds. The van der Waals surface area contributed by atoms with Crippen LogP contribution >= 0.6 is 11.8 Å². The minimum absolute atomic E-state index is 0.185. The van der Waals surface area contributed by atoms with Crippen molar-refractivity contribution in [1.82, 2.24) is 20.1 Å². The van der Waals surface area contributed by atoms with Crippen LogP contribution in [0, 0.1) is 5.92 Å². The molecule has 1 saturated heterocycles. The number of nitrogens with one attached hydrogen (secondary N) is 1. The number of aromatic nitrogens is 3. The molecule has 2 aromatic rings. The van der Waals surface area contributed by atoms with Gasteiger partial charge in [-0.05, 0) is 30.7 Å². The number of rotatable bonds is 5. The van der Waals surface area contributed by atoms with Gasteiger partial charge in [-0.25, -0.2) is 4.98 Å². The third-order valence-corrected chi connectivity index (χ3v) is 5.27. The van der Waals surface area contributed by atoms with Gasteiger partial charge in [0.25, 0.3) is 0 Å². The quantitative estimate of drug-likeness (QED) is 0.845. The number of hydrogen-bond acceptors (Lipinski definition) is 4. The molecule has 0 saturated carbocycles. The van der Waals surface area contributed by atoms with Gasteiger partial charge in [0.15, 0.2) is 5.82 Å². The van der Waals surface area contributed by atoms with E-state index in [-0.39, 0.29) is 5.91 Å². The molecule has 0 bridgehead atoms. The van der Waals surface area contributed by atoms with E-state index in [1.807, 2.05) is 17.0 Å². The number of H-pyrrole nitrogens is 1. The van der Waals surface area contributed by atoms with Gasteiger partial charge in [-0.2, -0.15) is 0 Å². The zero-order chi connectivity index (χ0) is 16.9. The predicted octanol–water partition coefficient (Wildman–Crippen LogP) is 3.38. The maximum Gasteiger partial charge on any atom is 0.233 e. The molecule has 3 rings (SSSR count). The fourth-order valence-corrected chi connectivity index (χ4v) is 3.67. The Bertz CT molecular complexity index is 683. The first kappa shape index (κ1) is 17.0. The van der Waals surface area contributed by atoms with Crippen molar-refractivity contribution in [3.8, 4) is 11.4 Å². The zero-order valence-corrected chi connectivity index (χ0v) is 15.1. The number of aryl methyl sites for hydroxylation is 1. The van der Waals surface area contributed by atoms with Gasteiger partial charge in [-0.3, -0.25) is 9.89 Å². The van der Waals surface area contributed by atoms with Gasteiger partial charge in [0.05, 0.1) is 5.75 Å². The Morgan fingerprint density at radius 2 is 2.17 bits per heavy atom. The van der Waals surface area contributed by atoms with Gasteiger partial charge >= 0.3 is 0 Å². The van der Waals surface area contributed by atoms with Crippen LogP contribution in [0.25, 0.3) is 11.4 Å². The van der Waals surface area contributed by atoms with Gasteiger partial charge in [0, 0.05) is 18.7 Å². The van der Waals surface area contributed by atoms with Crippen LogP contribution in [0.3, 0.4) is 0 Å². The lowest BCUT2D eigenvalue weighted by atomic mass is 10.0. The Morgan fingerprint density at radius 3 is 2.88 bits per heavy atom. The van der Waals surface area contributed by atoms with E-state index < -0.39 is 0 Å². The molecule has 2 heterocycles. The van der Waals surface area contributed by atoms with Gasteiger partial charge < -0.3 is 4.90 Å². The minimum Gasteiger partial charge on any atom is -0.342 e. The number of benzene rings is 1. The number of aromatic amines is 1. The van der Waals surface area contributed by atoms with Crippen LogP contribution in [-0.2, 0) is 11.2 Å². The zero-order valence-electron chi connectivity index (χ0n) is 14.3. The Balaban J connectivity index is 1.56. The number of amides is 1. The second-order valence-corrected chi connectivity index (χ2v) is 7.34. The molecule has 1 aromatic carbocycles. The largest absolute Gasteiger partial charge is 0.342 e. The first-order chi connectivity index (χ1) is 11.7. The molecule has 1 aromatic heterocycles. The van der Waals surface area contributed by atoms with Crippen LogP contribution in [0.4, 0.5) is 0 Å². The molecule has 0 spiro atoms. The Labute approximate surface area is 147 Å². The molecule has 0 unspecified atom stereocenters. The van der Waals surface area contributed by atoms with E-state index in [2.05, 4.69) is 41.2 Å². The number of thioether (sulfide) groups is 1. The van der Waals surface area contributed by atoms with Crippen LogP contribution in [-0.4, -0.2) is 44.8 Å². The maximum absolute atomic E-state index is 12.3. The third-order valence-electron chi connectivity index (χ3n) is 4.43. The van der Waals surface area contributed by atoms with E-state index in [0.29, 0.717) is 16.8 Å². The maximum atomic E-state index is 12.3. The molecular formula is C18H24N4OS. The van der Waals surface area contributed by atoms with Crippen molar-refractivity contribution in [2.75, 3.05) is 18.8 Å². The second kappa shape index (κ2) is 7.83. The highest BCUT2D eigenvalue weighted by Gasteiger charge is 2.21. The van der Waals surface area contributed by atoms with Crippen molar-refractivity contribution in [2.45, 2.75) is 38.3 Å². The molecule has 0 radical (unpaired) electrons. The van der Waals surface area contributed by atoms with Crippen LogP contribution in [0.2, 0.25) is 0 Å². The highest BCUT2D eigenvalue weighted by Crippen LogP contribution is 2.21. The highest BCUT2D eigenvalue weighted by atomic mass is 32.2. The molecule has 1 aliphatic heterocycles. The van der Waals surface area contributed by atoms with Crippen molar-refractivity contribution in [1.29, 1.82) is 0 Å². The molecule has 128 valence electrons. The molecule has 5 nitrogen and oxygen atoms in total. The first-order valence-electron chi connectivity index (χ1n) is 8.58. The van der Waals surface area contributed by atoms with Crippen LogP contribution in [0.1, 0.15) is 32.3 Å². The smallest absolute Gasteiger partial charge is 0.233 e.